The Kier molecular flexibility index (Phi) is 5.70. The lowest BCUT2D eigenvalue weighted by molar-refractivity contribution is -0.115. The highest BCUT2D eigenvalue weighted by Crippen LogP contribution is 2.24. The summed E-state index contributed by atoms with van der Waals surface area (Å²) >= 11 is 1.25. The summed E-state index contributed by atoms with van der Waals surface area (Å²) in [5, 5.41) is 7.53. The standard InChI is InChI=1S/C16H19N3O3S/c1-10(2)12-6-4-5-7-13(12)18-14(20)8-11-9-23-15(17-11)19-16(21)22-3/h4-7,9-10H,8H2,1-3H3,(H,18,20)(H,17,19,21). The van der Waals surface area contributed by atoms with Crippen LogP contribution in [-0.4, -0.2) is 24.1 Å². The maximum Gasteiger partial charge on any atom is 0.413 e. The zero-order valence-corrected chi connectivity index (χ0v) is 14.1. The molecule has 0 saturated heterocycles. The second-order valence-corrected chi connectivity index (χ2v) is 6.09. The smallest absolute Gasteiger partial charge is 0.413 e. The molecule has 0 aliphatic heterocycles. The number of carbonyl (C=O) groups excluding carboxylic acids is 2. The summed E-state index contributed by atoms with van der Waals surface area (Å²) in [6, 6.07) is 7.74. The molecule has 7 heteroatoms. The van der Waals surface area contributed by atoms with E-state index in [9.17, 15) is 9.59 Å². The average molecular weight is 333 g/mol. The molecule has 1 heterocycles. The molecule has 1 aromatic carbocycles. The predicted molar refractivity (Wildman–Crippen MR) is 91.0 cm³/mol. The van der Waals surface area contributed by atoms with Crippen LogP contribution in [0.3, 0.4) is 0 Å². The van der Waals surface area contributed by atoms with Gasteiger partial charge >= 0.3 is 6.09 Å². The number of methoxy groups -OCH3 is 1. The number of nitrogens with one attached hydrogen (secondary N) is 2. The van der Waals surface area contributed by atoms with Gasteiger partial charge in [0.25, 0.3) is 0 Å². The van der Waals surface area contributed by atoms with Crippen molar-refractivity contribution in [1.29, 1.82) is 0 Å². The Hall–Kier alpha value is -2.41. The van der Waals surface area contributed by atoms with Crippen molar-refractivity contribution in [3.8, 4) is 0 Å². The summed E-state index contributed by atoms with van der Waals surface area (Å²) in [5.74, 6) is 0.176. The third-order valence-electron chi connectivity index (χ3n) is 3.14. The lowest BCUT2D eigenvalue weighted by Gasteiger charge is -2.13. The molecule has 0 aliphatic carbocycles. The van der Waals surface area contributed by atoms with E-state index in [2.05, 4.69) is 34.2 Å². The number of ether oxygens (including phenoxy) is 1. The fourth-order valence-electron chi connectivity index (χ4n) is 2.06. The average Bonchev–Trinajstić information content (AvgIpc) is 2.94. The van der Waals surface area contributed by atoms with Crippen molar-refractivity contribution in [1.82, 2.24) is 4.98 Å². The van der Waals surface area contributed by atoms with E-state index in [0.717, 1.165) is 11.3 Å². The Morgan fingerprint density at radius 3 is 2.70 bits per heavy atom. The fraction of sp³-hybridized carbons (Fsp3) is 0.312. The van der Waals surface area contributed by atoms with Gasteiger partial charge in [-0.1, -0.05) is 32.0 Å². The van der Waals surface area contributed by atoms with E-state index in [0.29, 0.717) is 16.7 Å². The molecular weight excluding hydrogens is 314 g/mol. The van der Waals surface area contributed by atoms with Crippen molar-refractivity contribution in [3.05, 3.63) is 40.9 Å². The lowest BCUT2D eigenvalue weighted by Crippen LogP contribution is -2.16. The van der Waals surface area contributed by atoms with Crippen LogP contribution in [0.15, 0.2) is 29.6 Å². The lowest BCUT2D eigenvalue weighted by atomic mass is 10.0. The van der Waals surface area contributed by atoms with Gasteiger partial charge in [0.2, 0.25) is 5.91 Å². The van der Waals surface area contributed by atoms with Gasteiger partial charge in [0, 0.05) is 11.1 Å². The second-order valence-electron chi connectivity index (χ2n) is 5.23. The van der Waals surface area contributed by atoms with Crippen LogP contribution >= 0.6 is 11.3 Å². The Labute approximate surface area is 138 Å². The first-order valence-electron chi connectivity index (χ1n) is 7.17. The van der Waals surface area contributed by atoms with Crippen molar-refractivity contribution in [2.75, 3.05) is 17.7 Å². The van der Waals surface area contributed by atoms with E-state index in [4.69, 9.17) is 0 Å². The van der Waals surface area contributed by atoms with Crippen molar-refractivity contribution in [2.24, 2.45) is 0 Å². The number of hydrogen-bond donors (Lipinski definition) is 2. The first-order valence-corrected chi connectivity index (χ1v) is 8.05. The second kappa shape index (κ2) is 7.73. The first kappa shape index (κ1) is 17.0. The molecule has 2 N–H and O–H groups in total. The topological polar surface area (TPSA) is 80.3 Å². The highest BCUT2D eigenvalue weighted by atomic mass is 32.1. The van der Waals surface area contributed by atoms with Crippen LogP contribution < -0.4 is 10.6 Å². The van der Waals surface area contributed by atoms with Crippen molar-refractivity contribution < 1.29 is 14.3 Å². The maximum absolute atomic E-state index is 12.2. The molecule has 0 saturated carbocycles. The summed E-state index contributed by atoms with van der Waals surface area (Å²) < 4.78 is 4.50. The SMILES string of the molecule is COC(=O)Nc1nc(CC(=O)Nc2ccccc2C(C)C)cs1. The van der Waals surface area contributed by atoms with Gasteiger partial charge < -0.3 is 10.1 Å². The molecule has 0 spiro atoms. The van der Waals surface area contributed by atoms with Crippen LogP contribution in [0.4, 0.5) is 15.6 Å². The van der Waals surface area contributed by atoms with Crippen LogP contribution in [0.25, 0.3) is 0 Å². The van der Waals surface area contributed by atoms with Gasteiger partial charge in [-0.05, 0) is 17.5 Å². The minimum absolute atomic E-state index is 0.145. The molecule has 0 atom stereocenters. The van der Waals surface area contributed by atoms with Gasteiger partial charge in [0.05, 0.1) is 19.2 Å². The Morgan fingerprint density at radius 1 is 1.26 bits per heavy atom. The molecule has 122 valence electrons. The normalized spacial score (nSPS) is 10.4. The molecule has 2 rings (SSSR count). The third-order valence-corrected chi connectivity index (χ3v) is 3.95. The largest absolute Gasteiger partial charge is 0.453 e. The molecule has 2 amide bonds. The van der Waals surface area contributed by atoms with E-state index in [1.165, 1.54) is 18.4 Å². The number of benzene rings is 1. The zero-order chi connectivity index (χ0) is 16.8. The van der Waals surface area contributed by atoms with Gasteiger partial charge in [-0.25, -0.2) is 9.78 Å². The molecule has 6 nitrogen and oxygen atoms in total. The molecule has 2 aromatic rings. The van der Waals surface area contributed by atoms with E-state index in [1.807, 2.05) is 24.3 Å². The van der Waals surface area contributed by atoms with E-state index in [1.54, 1.807) is 5.38 Å². The summed E-state index contributed by atoms with van der Waals surface area (Å²) in [5.41, 5.74) is 2.50. The summed E-state index contributed by atoms with van der Waals surface area (Å²) in [7, 11) is 1.28. The molecule has 23 heavy (non-hydrogen) atoms. The quantitative estimate of drug-likeness (QED) is 0.875. The van der Waals surface area contributed by atoms with Crippen molar-refractivity contribution in [3.63, 3.8) is 0 Å². The molecular formula is C16H19N3O3S. The number of hydrogen-bond acceptors (Lipinski definition) is 5. The monoisotopic (exact) mass is 333 g/mol. The van der Waals surface area contributed by atoms with Crippen LogP contribution in [0.1, 0.15) is 31.0 Å². The molecule has 0 fully saturated rings. The molecule has 1 aromatic heterocycles. The Balaban J connectivity index is 1.99. The summed E-state index contributed by atoms with van der Waals surface area (Å²) in [4.78, 5) is 27.5. The third kappa shape index (κ3) is 4.79. The number of anilines is 2. The Bertz CT molecular complexity index is 697. The number of para-hydroxylation sites is 1. The summed E-state index contributed by atoms with van der Waals surface area (Å²) in [6.45, 7) is 4.16. The number of amides is 2. The molecule has 0 aliphatic rings. The first-order chi connectivity index (χ1) is 11.0. The molecule has 0 bridgehead atoms. The van der Waals surface area contributed by atoms with Gasteiger partial charge in [-0.15, -0.1) is 11.3 Å². The van der Waals surface area contributed by atoms with E-state index in [-0.39, 0.29) is 12.3 Å². The van der Waals surface area contributed by atoms with Crippen molar-refractivity contribution in [2.45, 2.75) is 26.2 Å². The van der Waals surface area contributed by atoms with Gasteiger partial charge in [-0.2, -0.15) is 0 Å². The molecule has 0 radical (unpaired) electrons. The highest BCUT2D eigenvalue weighted by Gasteiger charge is 2.12. The van der Waals surface area contributed by atoms with Crippen molar-refractivity contribution >= 4 is 34.2 Å². The number of nitrogens with zero attached hydrogens (tertiary/aromatic N) is 1. The summed E-state index contributed by atoms with van der Waals surface area (Å²) in [6.07, 6.45) is -0.438. The highest BCUT2D eigenvalue weighted by molar-refractivity contribution is 7.13. The number of thiazole rings is 1. The van der Waals surface area contributed by atoms with Gasteiger partial charge in [-0.3, -0.25) is 10.1 Å². The van der Waals surface area contributed by atoms with E-state index < -0.39 is 6.09 Å². The van der Waals surface area contributed by atoms with Crippen LogP contribution in [0.5, 0.6) is 0 Å². The predicted octanol–water partition coefficient (Wildman–Crippen LogP) is 3.63. The Morgan fingerprint density at radius 2 is 2.00 bits per heavy atom. The zero-order valence-electron chi connectivity index (χ0n) is 13.3. The number of aromatic nitrogens is 1. The number of carbonyl (C=O) groups is 2. The van der Waals surface area contributed by atoms with Gasteiger partial charge in [0.15, 0.2) is 5.13 Å². The van der Waals surface area contributed by atoms with Crippen LogP contribution in [0.2, 0.25) is 0 Å². The van der Waals surface area contributed by atoms with Crippen LogP contribution in [-0.2, 0) is 16.0 Å². The minimum Gasteiger partial charge on any atom is -0.453 e. The maximum atomic E-state index is 12.2. The van der Waals surface area contributed by atoms with E-state index >= 15 is 0 Å². The number of rotatable bonds is 5. The molecule has 0 unspecified atom stereocenters. The minimum atomic E-state index is -0.582. The van der Waals surface area contributed by atoms with Crippen LogP contribution in [0, 0.1) is 0 Å². The fourth-order valence-corrected chi connectivity index (χ4v) is 2.75. The van der Waals surface area contributed by atoms with Gasteiger partial charge in [0.1, 0.15) is 0 Å².